The molecule has 3 rings (SSSR count). The Balaban J connectivity index is 1.93. The lowest BCUT2D eigenvalue weighted by Gasteiger charge is -2.27. The first-order valence-corrected chi connectivity index (χ1v) is 10.2. The maximum absolute atomic E-state index is 13.0. The van der Waals surface area contributed by atoms with Crippen molar-refractivity contribution in [1.29, 1.82) is 0 Å². The molecule has 2 aromatic carbocycles. The highest BCUT2D eigenvalue weighted by Gasteiger charge is 2.27. The van der Waals surface area contributed by atoms with E-state index in [-0.39, 0.29) is 6.04 Å². The first-order chi connectivity index (χ1) is 12.4. The molecule has 0 heterocycles. The van der Waals surface area contributed by atoms with Gasteiger partial charge in [0.15, 0.2) is 0 Å². The molecular weight excluding hydrogens is 350 g/mol. The minimum atomic E-state index is -3.63. The van der Waals surface area contributed by atoms with Crippen LogP contribution in [0.2, 0.25) is 0 Å². The van der Waals surface area contributed by atoms with Crippen molar-refractivity contribution in [3.05, 3.63) is 52.6 Å². The SMILES string of the molecule is COc1ccc2c(c1)CCC[C@@H]2NS(=O)(=O)c1cc(C)c(OC)cc1C. The second kappa shape index (κ2) is 7.29. The minimum Gasteiger partial charge on any atom is -0.497 e. The van der Waals surface area contributed by atoms with Crippen LogP contribution < -0.4 is 14.2 Å². The molecule has 0 fully saturated rings. The number of sulfonamides is 1. The quantitative estimate of drug-likeness (QED) is 0.866. The number of benzene rings is 2. The molecule has 0 saturated heterocycles. The lowest BCUT2D eigenvalue weighted by atomic mass is 9.88. The van der Waals surface area contributed by atoms with Crippen molar-refractivity contribution in [3.63, 3.8) is 0 Å². The van der Waals surface area contributed by atoms with E-state index in [9.17, 15) is 8.42 Å². The van der Waals surface area contributed by atoms with E-state index in [2.05, 4.69) is 4.72 Å². The minimum absolute atomic E-state index is 0.225. The molecule has 1 N–H and O–H groups in total. The number of aryl methyl sites for hydroxylation is 3. The van der Waals surface area contributed by atoms with Crippen molar-refractivity contribution in [2.24, 2.45) is 0 Å². The van der Waals surface area contributed by atoms with Gasteiger partial charge in [-0.1, -0.05) is 6.07 Å². The summed E-state index contributed by atoms with van der Waals surface area (Å²) in [6.45, 7) is 3.63. The van der Waals surface area contributed by atoms with Crippen LogP contribution in [0, 0.1) is 13.8 Å². The van der Waals surface area contributed by atoms with Crippen molar-refractivity contribution < 1.29 is 17.9 Å². The standard InChI is InChI=1S/C20H25NO4S/c1-13-11-20(14(2)10-19(13)25-4)26(22,23)21-18-7-5-6-15-12-16(24-3)8-9-17(15)18/h8-12,18,21H,5-7H2,1-4H3/t18-/m0/s1. The maximum atomic E-state index is 13.0. The van der Waals surface area contributed by atoms with Gasteiger partial charge in [-0.15, -0.1) is 0 Å². The summed E-state index contributed by atoms with van der Waals surface area (Å²) < 4.78 is 39.5. The Morgan fingerprint density at radius 1 is 1.04 bits per heavy atom. The van der Waals surface area contributed by atoms with Crippen molar-refractivity contribution in [2.45, 2.75) is 44.0 Å². The number of hydrogen-bond acceptors (Lipinski definition) is 4. The van der Waals surface area contributed by atoms with Crippen LogP contribution in [0.15, 0.2) is 35.2 Å². The van der Waals surface area contributed by atoms with Gasteiger partial charge in [-0.3, -0.25) is 0 Å². The van der Waals surface area contributed by atoms with Gasteiger partial charge in [-0.2, -0.15) is 0 Å². The third-order valence-corrected chi connectivity index (χ3v) is 6.56. The average Bonchev–Trinajstić information content (AvgIpc) is 2.62. The van der Waals surface area contributed by atoms with Crippen molar-refractivity contribution in [1.82, 2.24) is 4.72 Å². The monoisotopic (exact) mass is 375 g/mol. The van der Waals surface area contributed by atoms with Gasteiger partial charge in [0.05, 0.1) is 19.1 Å². The predicted molar refractivity (Wildman–Crippen MR) is 101 cm³/mol. The van der Waals surface area contributed by atoms with Crippen LogP contribution in [-0.4, -0.2) is 22.6 Å². The van der Waals surface area contributed by atoms with Gasteiger partial charge >= 0.3 is 0 Å². The van der Waals surface area contributed by atoms with Crippen LogP contribution in [0.25, 0.3) is 0 Å². The predicted octanol–water partition coefficient (Wildman–Crippen LogP) is 3.68. The second-order valence-electron chi connectivity index (χ2n) is 6.72. The van der Waals surface area contributed by atoms with E-state index in [4.69, 9.17) is 9.47 Å². The summed E-state index contributed by atoms with van der Waals surface area (Å²) in [6.07, 6.45) is 2.66. The lowest BCUT2D eigenvalue weighted by molar-refractivity contribution is 0.411. The van der Waals surface area contributed by atoms with Gasteiger partial charge in [0.25, 0.3) is 0 Å². The van der Waals surface area contributed by atoms with Gasteiger partial charge in [-0.05, 0) is 79.6 Å². The van der Waals surface area contributed by atoms with E-state index >= 15 is 0 Å². The zero-order valence-corrected chi connectivity index (χ0v) is 16.4. The van der Waals surface area contributed by atoms with Gasteiger partial charge < -0.3 is 9.47 Å². The molecule has 1 aliphatic rings. The number of hydrogen-bond donors (Lipinski definition) is 1. The fraction of sp³-hybridized carbons (Fsp3) is 0.400. The first kappa shape index (κ1) is 18.7. The van der Waals surface area contributed by atoms with E-state index in [1.165, 1.54) is 0 Å². The third kappa shape index (κ3) is 3.57. The molecule has 1 aliphatic carbocycles. The molecule has 5 nitrogen and oxygen atoms in total. The Morgan fingerprint density at radius 2 is 1.81 bits per heavy atom. The van der Waals surface area contributed by atoms with Crippen molar-refractivity contribution >= 4 is 10.0 Å². The van der Waals surface area contributed by atoms with Crippen LogP contribution in [0.1, 0.15) is 41.1 Å². The van der Waals surface area contributed by atoms with Gasteiger partial charge in [0.2, 0.25) is 10.0 Å². The molecule has 0 saturated carbocycles. The topological polar surface area (TPSA) is 64.6 Å². The molecule has 0 bridgehead atoms. The molecule has 2 aromatic rings. The molecule has 0 unspecified atom stereocenters. The van der Waals surface area contributed by atoms with E-state index in [0.29, 0.717) is 16.2 Å². The molecule has 0 radical (unpaired) electrons. The smallest absolute Gasteiger partial charge is 0.241 e. The van der Waals surface area contributed by atoms with Crippen molar-refractivity contribution in [3.8, 4) is 11.5 Å². The van der Waals surface area contributed by atoms with Crippen LogP contribution in [0.5, 0.6) is 11.5 Å². The zero-order valence-electron chi connectivity index (χ0n) is 15.6. The number of ether oxygens (including phenoxy) is 2. The van der Waals surface area contributed by atoms with E-state index in [1.54, 1.807) is 33.3 Å². The fourth-order valence-corrected chi connectivity index (χ4v) is 5.12. The highest BCUT2D eigenvalue weighted by molar-refractivity contribution is 7.89. The number of fused-ring (bicyclic) bond motifs is 1. The fourth-order valence-electron chi connectivity index (χ4n) is 3.56. The Morgan fingerprint density at radius 3 is 2.50 bits per heavy atom. The highest BCUT2D eigenvalue weighted by Crippen LogP contribution is 2.34. The van der Waals surface area contributed by atoms with Gasteiger partial charge in [0, 0.05) is 6.04 Å². The number of methoxy groups -OCH3 is 2. The molecule has 0 spiro atoms. The summed E-state index contributed by atoms with van der Waals surface area (Å²) in [5, 5.41) is 0. The van der Waals surface area contributed by atoms with Gasteiger partial charge in [0.1, 0.15) is 11.5 Å². The molecular formula is C20H25NO4S. The average molecular weight is 375 g/mol. The Hall–Kier alpha value is -2.05. The lowest BCUT2D eigenvalue weighted by Crippen LogP contribution is -2.31. The van der Waals surface area contributed by atoms with Crippen molar-refractivity contribution in [2.75, 3.05) is 14.2 Å². The summed E-state index contributed by atoms with van der Waals surface area (Å²) in [5.41, 5.74) is 3.65. The van der Waals surface area contributed by atoms with Crippen LogP contribution >= 0.6 is 0 Å². The largest absolute Gasteiger partial charge is 0.497 e. The van der Waals surface area contributed by atoms with Crippen LogP contribution in [0.3, 0.4) is 0 Å². The summed E-state index contributed by atoms with van der Waals surface area (Å²) in [7, 11) is -0.410. The van der Waals surface area contributed by atoms with E-state index < -0.39 is 10.0 Å². The van der Waals surface area contributed by atoms with Crippen LogP contribution in [0.4, 0.5) is 0 Å². The molecule has 0 aromatic heterocycles. The first-order valence-electron chi connectivity index (χ1n) is 8.70. The summed E-state index contributed by atoms with van der Waals surface area (Å²) >= 11 is 0. The maximum Gasteiger partial charge on any atom is 0.241 e. The molecule has 140 valence electrons. The Kier molecular flexibility index (Phi) is 5.25. The summed E-state index contributed by atoms with van der Waals surface area (Å²) in [6, 6.07) is 9.06. The highest BCUT2D eigenvalue weighted by atomic mass is 32.2. The summed E-state index contributed by atoms with van der Waals surface area (Å²) in [4.78, 5) is 0.302. The molecule has 0 aliphatic heterocycles. The Bertz CT molecular complexity index is 922. The van der Waals surface area contributed by atoms with E-state index in [0.717, 1.165) is 41.7 Å². The molecule has 6 heteroatoms. The van der Waals surface area contributed by atoms with E-state index in [1.807, 2.05) is 25.1 Å². The second-order valence-corrected chi connectivity index (χ2v) is 8.40. The summed E-state index contributed by atoms with van der Waals surface area (Å²) in [5.74, 6) is 1.49. The molecule has 0 amide bonds. The third-order valence-electron chi connectivity index (χ3n) is 4.94. The molecule has 1 atom stereocenters. The number of nitrogens with one attached hydrogen (secondary N) is 1. The van der Waals surface area contributed by atoms with Gasteiger partial charge in [-0.25, -0.2) is 13.1 Å². The normalized spacial score (nSPS) is 16.8. The Labute approximate surface area is 155 Å². The molecule has 26 heavy (non-hydrogen) atoms. The van der Waals surface area contributed by atoms with Crippen LogP contribution in [-0.2, 0) is 16.4 Å². The number of rotatable bonds is 5. The zero-order chi connectivity index (χ0) is 18.9.